The van der Waals surface area contributed by atoms with Gasteiger partial charge in [0.2, 0.25) is 0 Å². The van der Waals surface area contributed by atoms with Gasteiger partial charge in [0.15, 0.2) is 0 Å². The van der Waals surface area contributed by atoms with Gasteiger partial charge in [-0.25, -0.2) is 0 Å². The van der Waals surface area contributed by atoms with Gasteiger partial charge in [0.05, 0.1) is 10.0 Å². The van der Waals surface area contributed by atoms with Gasteiger partial charge in [-0.05, 0) is 30.0 Å². The number of nitrogens with one attached hydrogen (secondary N) is 2. The lowest BCUT2D eigenvalue weighted by atomic mass is 9.84. The van der Waals surface area contributed by atoms with Gasteiger partial charge >= 0.3 is 0 Å². The van der Waals surface area contributed by atoms with E-state index in [9.17, 15) is 0 Å². The molecule has 0 bridgehead atoms. The van der Waals surface area contributed by atoms with Gasteiger partial charge in [-0.15, -0.1) is 0 Å². The zero-order chi connectivity index (χ0) is 15.3. The van der Waals surface area contributed by atoms with Gasteiger partial charge in [0, 0.05) is 22.5 Å². The van der Waals surface area contributed by atoms with Crippen LogP contribution in [-0.4, -0.2) is 0 Å². The van der Waals surface area contributed by atoms with E-state index in [2.05, 4.69) is 41.8 Å². The highest BCUT2D eigenvalue weighted by Crippen LogP contribution is 2.43. The van der Waals surface area contributed by atoms with Crippen molar-refractivity contribution < 1.29 is 0 Å². The summed E-state index contributed by atoms with van der Waals surface area (Å²) in [5.41, 5.74) is 5.98. The van der Waals surface area contributed by atoms with Crippen LogP contribution in [0.3, 0.4) is 0 Å². The highest BCUT2D eigenvalue weighted by Gasteiger charge is 2.29. The van der Waals surface area contributed by atoms with E-state index in [0.29, 0.717) is 16.0 Å². The van der Waals surface area contributed by atoms with Crippen molar-refractivity contribution in [3.63, 3.8) is 0 Å². The van der Waals surface area contributed by atoms with Crippen molar-refractivity contribution in [2.24, 2.45) is 0 Å². The average molecular weight is 331 g/mol. The van der Waals surface area contributed by atoms with E-state index < -0.39 is 0 Å². The molecular formula is C18H16Cl2N2. The van der Waals surface area contributed by atoms with Crippen LogP contribution < -0.4 is 10.6 Å². The molecule has 4 heteroatoms. The van der Waals surface area contributed by atoms with Crippen LogP contribution in [-0.2, 0) is 0 Å². The Morgan fingerprint density at radius 2 is 1.77 bits per heavy atom. The average Bonchev–Trinajstić information content (AvgIpc) is 2.53. The Morgan fingerprint density at radius 3 is 2.64 bits per heavy atom. The van der Waals surface area contributed by atoms with Gasteiger partial charge in [-0.3, -0.25) is 0 Å². The molecule has 1 aliphatic heterocycles. The Labute approximate surface area is 140 Å². The van der Waals surface area contributed by atoms with Crippen molar-refractivity contribution in [3.05, 3.63) is 69.2 Å². The molecule has 0 spiro atoms. The minimum Gasteiger partial charge on any atom is -0.361 e. The molecule has 22 heavy (non-hydrogen) atoms. The third-order valence-corrected chi connectivity index (χ3v) is 5.30. The molecule has 0 saturated carbocycles. The second-order valence-corrected chi connectivity index (χ2v) is 6.67. The number of rotatable bonds is 1. The van der Waals surface area contributed by atoms with Crippen LogP contribution in [0.25, 0.3) is 5.70 Å². The van der Waals surface area contributed by atoms with E-state index >= 15 is 0 Å². The molecule has 2 N–H and O–H groups in total. The molecule has 1 heterocycles. The minimum absolute atomic E-state index is 0.0754. The van der Waals surface area contributed by atoms with Crippen molar-refractivity contribution in [2.45, 2.75) is 25.4 Å². The molecular weight excluding hydrogens is 315 g/mol. The van der Waals surface area contributed by atoms with Crippen molar-refractivity contribution in [1.82, 2.24) is 5.32 Å². The first-order valence-electron chi connectivity index (χ1n) is 7.45. The molecule has 0 aromatic heterocycles. The molecule has 4 rings (SSSR count). The largest absolute Gasteiger partial charge is 0.361 e. The number of allylic oxidation sites excluding steroid dienone is 1. The van der Waals surface area contributed by atoms with E-state index in [1.165, 1.54) is 16.8 Å². The fourth-order valence-electron chi connectivity index (χ4n) is 3.30. The summed E-state index contributed by atoms with van der Waals surface area (Å²) in [7, 11) is 0. The Kier molecular flexibility index (Phi) is 3.32. The number of halogens is 2. The number of benzene rings is 2. The van der Waals surface area contributed by atoms with Crippen molar-refractivity contribution in [2.75, 3.05) is 5.32 Å². The number of hydrogen-bond donors (Lipinski definition) is 2. The molecule has 2 aromatic rings. The van der Waals surface area contributed by atoms with Gasteiger partial charge < -0.3 is 10.6 Å². The molecule has 2 aromatic carbocycles. The topological polar surface area (TPSA) is 24.1 Å². The summed E-state index contributed by atoms with van der Waals surface area (Å²) in [4.78, 5) is 0. The minimum atomic E-state index is -0.0754. The summed E-state index contributed by atoms with van der Waals surface area (Å²) in [5.74, 6) is 0.550. The molecule has 112 valence electrons. The standard InChI is InChI=1S/C18H16Cl2N2/c1-10-8-9-15-16-11(10)4-3-7-14(16)21-18(22-15)12-5-2-6-13(19)17(12)20/h2-7,9-10,18,21-22H,8H2,1H3. The fraction of sp³-hybridized carbons (Fsp3) is 0.222. The van der Waals surface area contributed by atoms with E-state index in [1.54, 1.807) is 0 Å². The molecule has 1 aliphatic carbocycles. The zero-order valence-corrected chi connectivity index (χ0v) is 13.7. The summed E-state index contributed by atoms with van der Waals surface area (Å²) >= 11 is 12.5. The second kappa shape index (κ2) is 5.22. The lowest BCUT2D eigenvalue weighted by Crippen LogP contribution is -2.33. The highest BCUT2D eigenvalue weighted by molar-refractivity contribution is 6.42. The highest BCUT2D eigenvalue weighted by atomic mass is 35.5. The maximum atomic E-state index is 6.38. The van der Waals surface area contributed by atoms with E-state index in [1.807, 2.05) is 18.2 Å². The summed E-state index contributed by atoms with van der Waals surface area (Å²) in [6.07, 6.45) is 3.26. The van der Waals surface area contributed by atoms with Crippen molar-refractivity contribution in [1.29, 1.82) is 0 Å². The van der Waals surface area contributed by atoms with E-state index in [-0.39, 0.29) is 6.17 Å². The normalized spacial score (nSPS) is 22.2. The number of hydrogen-bond acceptors (Lipinski definition) is 2. The summed E-state index contributed by atoms with van der Waals surface area (Å²) < 4.78 is 0. The molecule has 2 aliphatic rings. The van der Waals surface area contributed by atoms with E-state index in [4.69, 9.17) is 23.2 Å². The van der Waals surface area contributed by atoms with Gasteiger partial charge in [0.25, 0.3) is 0 Å². The van der Waals surface area contributed by atoms with Crippen molar-refractivity contribution >= 4 is 34.6 Å². The molecule has 2 unspecified atom stereocenters. The second-order valence-electron chi connectivity index (χ2n) is 5.89. The lowest BCUT2D eigenvalue weighted by Gasteiger charge is -2.36. The third-order valence-electron chi connectivity index (χ3n) is 4.46. The van der Waals surface area contributed by atoms with Crippen LogP contribution in [0, 0.1) is 0 Å². The van der Waals surface area contributed by atoms with E-state index in [0.717, 1.165) is 17.7 Å². The lowest BCUT2D eigenvalue weighted by molar-refractivity contribution is 0.676. The Bertz CT molecular complexity index is 783. The molecule has 2 atom stereocenters. The Morgan fingerprint density at radius 1 is 1.00 bits per heavy atom. The maximum absolute atomic E-state index is 6.38. The van der Waals surface area contributed by atoms with Crippen LogP contribution in [0.15, 0.2) is 42.5 Å². The quantitative estimate of drug-likeness (QED) is 0.715. The summed E-state index contributed by atoms with van der Waals surface area (Å²) in [6.45, 7) is 2.27. The Balaban J connectivity index is 1.81. The smallest absolute Gasteiger partial charge is 0.125 e. The number of anilines is 1. The maximum Gasteiger partial charge on any atom is 0.125 e. The first-order chi connectivity index (χ1) is 10.6. The van der Waals surface area contributed by atoms with Gasteiger partial charge in [-0.2, -0.15) is 0 Å². The van der Waals surface area contributed by atoms with Crippen LogP contribution >= 0.6 is 23.2 Å². The molecule has 0 amide bonds. The predicted molar refractivity (Wildman–Crippen MR) is 93.4 cm³/mol. The van der Waals surface area contributed by atoms with Crippen LogP contribution in [0.1, 0.15) is 42.1 Å². The Hall–Kier alpha value is -1.64. The first-order valence-corrected chi connectivity index (χ1v) is 8.21. The van der Waals surface area contributed by atoms with Crippen LogP contribution in [0.5, 0.6) is 0 Å². The zero-order valence-electron chi connectivity index (χ0n) is 12.2. The summed E-state index contributed by atoms with van der Waals surface area (Å²) in [6, 6.07) is 12.2. The summed E-state index contributed by atoms with van der Waals surface area (Å²) in [5, 5.41) is 8.28. The third kappa shape index (κ3) is 2.10. The van der Waals surface area contributed by atoms with Crippen LogP contribution in [0.2, 0.25) is 10.0 Å². The molecule has 2 nitrogen and oxygen atoms in total. The molecule has 0 radical (unpaired) electrons. The van der Waals surface area contributed by atoms with Crippen LogP contribution in [0.4, 0.5) is 5.69 Å². The van der Waals surface area contributed by atoms with Gasteiger partial charge in [0.1, 0.15) is 6.17 Å². The van der Waals surface area contributed by atoms with Gasteiger partial charge in [-0.1, -0.05) is 60.5 Å². The van der Waals surface area contributed by atoms with Crippen molar-refractivity contribution in [3.8, 4) is 0 Å². The molecule has 0 fully saturated rings. The fourth-order valence-corrected chi connectivity index (χ4v) is 3.72. The first kappa shape index (κ1) is 14.0. The monoisotopic (exact) mass is 330 g/mol. The predicted octanol–water partition coefficient (Wildman–Crippen LogP) is 5.56. The molecule has 0 saturated heterocycles. The SMILES string of the molecule is CC1CC=C2NC(c3cccc(Cl)c3Cl)Nc3cccc1c32.